The van der Waals surface area contributed by atoms with Crippen LogP contribution in [-0.2, 0) is 9.47 Å². The number of anilines is 1. The molecule has 4 rings (SSSR count). The van der Waals surface area contributed by atoms with Crippen molar-refractivity contribution in [3.05, 3.63) is 23.2 Å². The lowest BCUT2D eigenvalue weighted by Crippen LogP contribution is -2.49. The SMILES string of the molecule is COC(=O)c1sc2ccc3nc(OC)cnc3c2c1NCC1(N)CCN(C(=O)OC(C)(C)C)C1. The van der Waals surface area contributed by atoms with E-state index in [0.29, 0.717) is 53.5 Å². The fraction of sp³-hybridized carbons (Fsp3) is 0.478. The Bertz CT molecular complexity index is 1250. The minimum atomic E-state index is -0.696. The maximum atomic E-state index is 12.6. The van der Waals surface area contributed by atoms with Gasteiger partial charge in [-0.15, -0.1) is 11.3 Å². The molecule has 2 aromatic heterocycles. The summed E-state index contributed by atoms with van der Waals surface area (Å²) in [4.78, 5) is 36.1. The fourth-order valence-corrected chi connectivity index (χ4v) is 5.04. The molecule has 0 spiro atoms. The summed E-state index contributed by atoms with van der Waals surface area (Å²) >= 11 is 1.31. The molecule has 3 aromatic rings. The van der Waals surface area contributed by atoms with E-state index in [2.05, 4.69) is 15.3 Å². The number of ether oxygens (including phenoxy) is 3. The molecule has 0 aliphatic carbocycles. The topological polar surface area (TPSA) is 129 Å². The van der Waals surface area contributed by atoms with Crippen LogP contribution in [0.4, 0.5) is 10.5 Å². The second-order valence-corrected chi connectivity index (χ2v) is 10.4. The quantitative estimate of drug-likeness (QED) is 0.520. The van der Waals surface area contributed by atoms with Gasteiger partial charge in [-0.3, -0.25) is 0 Å². The highest BCUT2D eigenvalue weighted by atomic mass is 32.1. The van der Waals surface area contributed by atoms with Crippen molar-refractivity contribution in [2.45, 2.75) is 38.3 Å². The Kier molecular flexibility index (Phi) is 6.26. The number of hydrogen-bond acceptors (Lipinski definition) is 10. The number of amides is 1. The van der Waals surface area contributed by atoms with Gasteiger partial charge in [0.25, 0.3) is 0 Å². The van der Waals surface area contributed by atoms with Gasteiger partial charge in [0.1, 0.15) is 10.5 Å². The first kappa shape index (κ1) is 24.0. The summed E-state index contributed by atoms with van der Waals surface area (Å²) in [6, 6.07) is 3.74. The number of carbonyl (C=O) groups is 2. The number of likely N-dealkylation sites (tertiary alicyclic amines) is 1. The van der Waals surface area contributed by atoms with Crippen molar-refractivity contribution in [2.75, 3.05) is 39.2 Å². The molecule has 1 unspecified atom stereocenters. The highest BCUT2D eigenvalue weighted by molar-refractivity contribution is 7.21. The first-order chi connectivity index (χ1) is 16.0. The number of hydrogen-bond donors (Lipinski definition) is 2. The standard InChI is InChI=1S/C23H29N5O5S/c1-22(2,3)33-21(30)28-9-8-23(24,12-28)11-26-18-16-14(34-19(18)20(29)32-5)7-6-13-17(16)25-10-15(27-13)31-4/h6-7,10,26H,8-9,11-12,24H2,1-5H3. The first-order valence-electron chi connectivity index (χ1n) is 10.9. The number of benzene rings is 1. The molecule has 0 bridgehead atoms. The van der Waals surface area contributed by atoms with Gasteiger partial charge < -0.3 is 30.2 Å². The monoisotopic (exact) mass is 487 g/mol. The molecule has 11 heteroatoms. The largest absolute Gasteiger partial charge is 0.480 e. The molecule has 1 atom stereocenters. The molecule has 10 nitrogen and oxygen atoms in total. The summed E-state index contributed by atoms with van der Waals surface area (Å²) < 4.78 is 16.6. The van der Waals surface area contributed by atoms with Crippen molar-refractivity contribution in [3.8, 4) is 5.88 Å². The van der Waals surface area contributed by atoms with Crippen LogP contribution in [0.2, 0.25) is 0 Å². The summed E-state index contributed by atoms with van der Waals surface area (Å²) in [5.74, 6) is -0.0509. The van der Waals surface area contributed by atoms with Crippen molar-refractivity contribution in [2.24, 2.45) is 5.73 Å². The van der Waals surface area contributed by atoms with Crippen LogP contribution >= 0.6 is 11.3 Å². The van der Waals surface area contributed by atoms with Gasteiger partial charge in [0.05, 0.1) is 42.7 Å². The molecule has 34 heavy (non-hydrogen) atoms. The average Bonchev–Trinajstić information content (AvgIpc) is 3.37. The zero-order valence-electron chi connectivity index (χ0n) is 19.9. The minimum absolute atomic E-state index is 0.335. The Morgan fingerprint density at radius 1 is 1.29 bits per heavy atom. The van der Waals surface area contributed by atoms with Gasteiger partial charge in [-0.2, -0.15) is 0 Å². The Hall–Kier alpha value is -3.18. The lowest BCUT2D eigenvalue weighted by Gasteiger charge is -2.27. The summed E-state index contributed by atoms with van der Waals surface area (Å²) in [6.45, 7) is 6.66. The number of carbonyl (C=O) groups excluding carboxylic acids is 2. The van der Waals surface area contributed by atoms with Gasteiger partial charge in [0, 0.05) is 29.7 Å². The number of nitrogens with zero attached hydrogens (tertiary/aromatic N) is 3. The van der Waals surface area contributed by atoms with Crippen LogP contribution in [0.3, 0.4) is 0 Å². The van der Waals surface area contributed by atoms with Crippen molar-refractivity contribution in [1.82, 2.24) is 14.9 Å². The molecule has 1 fully saturated rings. The first-order valence-corrected chi connectivity index (χ1v) is 11.7. The predicted octanol–water partition coefficient (Wildman–Crippen LogP) is 3.39. The van der Waals surface area contributed by atoms with Gasteiger partial charge in [-0.05, 0) is 39.3 Å². The molecule has 1 saturated heterocycles. The zero-order valence-corrected chi connectivity index (χ0v) is 20.7. The molecule has 1 amide bonds. The van der Waals surface area contributed by atoms with Gasteiger partial charge in [0.15, 0.2) is 0 Å². The number of rotatable bonds is 5. The summed E-state index contributed by atoms with van der Waals surface area (Å²) in [6.07, 6.45) is 1.75. The predicted molar refractivity (Wildman–Crippen MR) is 131 cm³/mol. The van der Waals surface area contributed by atoms with Crippen LogP contribution in [0.25, 0.3) is 21.1 Å². The van der Waals surface area contributed by atoms with E-state index in [1.807, 2.05) is 32.9 Å². The Morgan fingerprint density at radius 2 is 2.06 bits per heavy atom. The lowest BCUT2D eigenvalue weighted by atomic mass is 10.00. The van der Waals surface area contributed by atoms with Crippen molar-refractivity contribution >= 4 is 50.2 Å². The average molecular weight is 488 g/mol. The minimum Gasteiger partial charge on any atom is -0.480 e. The third kappa shape index (κ3) is 4.71. The third-order valence-electron chi connectivity index (χ3n) is 5.58. The second kappa shape index (κ2) is 8.88. The molecule has 1 aliphatic rings. The normalized spacial score (nSPS) is 18.4. The Morgan fingerprint density at radius 3 is 2.74 bits per heavy atom. The molecule has 0 radical (unpaired) electrons. The number of fused-ring (bicyclic) bond motifs is 3. The highest BCUT2D eigenvalue weighted by Crippen LogP contribution is 2.40. The van der Waals surface area contributed by atoms with Crippen LogP contribution in [-0.4, -0.2) is 71.9 Å². The second-order valence-electron chi connectivity index (χ2n) is 9.38. The lowest BCUT2D eigenvalue weighted by molar-refractivity contribution is 0.0285. The molecule has 3 N–H and O–H groups in total. The van der Waals surface area contributed by atoms with Gasteiger partial charge in [-0.25, -0.2) is 19.6 Å². The molecule has 182 valence electrons. The smallest absolute Gasteiger partial charge is 0.410 e. The molecule has 1 aliphatic heterocycles. The van der Waals surface area contributed by atoms with E-state index in [9.17, 15) is 9.59 Å². The van der Waals surface area contributed by atoms with Gasteiger partial charge in [-0.1, -0.05) is 0 Å². The molecule has 3 heterocycles. The van der Waals surface area contributed by atoms with E-state index >= 15 is 0 Å². The Labute approximate surface area is 201 Å². The van der Waals surface area contributed by atoms with Crippen molar-refractivity contribution in [1.29, 1.82) is 0 Å². The zero-order chi connectivity index (χ0) is 24.7. The van der Waals surface area contributed by atoms with E-state index in [-0.39, 0.29) is 6.09 Å². The van der Waals surface area contributed by atoms with Crippen LogP contribution in [0.5, 0.6) is 5.88 Å². The van der Waals surface area contributed by atoms with Gasteiger partial charge >= 0.3 is 12.1 Å². The maximum Gasteiger partial charge on any atom is 0.410 e. The van der Waals surface area contributed by atoms with Crippen LogP contribution in [0.1, 0.15) is 36.9 Å². The van der Waals surface area contributed by atoms with E-state index in [0.717, 1.165) is 10.1 Å². The summed E-state index contributed by atoms with van der Waals surface area (Å²) in [7, 11) is 2.88. The molecule has 0 saturated carbocycles. The molecular weight excluding hydrogens is 458 g/mol. The van der Waals surface area contributed by atoms with E-state index in [4.69, 9.17) is 19.9 Å². The van der Waals surface area contributed by atoms with Crippen molar-refractivity contribution in [3.63, 3.8) is 0 Å². The number of thiophene rings is 1. The summed E-state index contributed by atoms with van der Waals surface area (Å²) in [5, 5.41) is 4.14. The summed E-state index contributed by atoms with van der Waals surface area (Å²) in [5.41, 5.74) is 7.25. The van der Waals surface area contributed by atoms with Crippen LogP contribution < -0.4 is 15.8 Å². The number of methoxy groups -OCH3 is 2. The fourth-order valence-electron chi connectivity index (χ4n) is 3.94. The Balaban J connectivity index is 1.65. The van der Waals surface area contributed by atoms with Crippen LogP contribution in [0.15, 0.2) is 18.3 Å². The number of aromatic nitrogens is 2. The van der Waals surface area contributed by atoms with E-state index < -0.39 is 17.1 Å². The van der Waals surface area contributed by atoms with Crippen molar-refractivity contribution < 1.29 is 23.8 Å². The number of esters is 1. The number of nitrogens with one attached hydrogen (secondary N) is 1. The highest BCUT2D eigenvalue weighted by Gasteiger charge is 2.39. The molecular formula is C23H29N5O5S. The third-order valence-corrected chi connectivity index (χ3v) is 6.71. The van der Waals surface area contributed by atoms with Gasteiger partial charge in [0.2, 0.25) is 5.88 Å². The maximum absolute atomic E-state index is 12.6. The van der Waals surface area contributed by atoms with E-state index in [1.165, 1.54) is 25.6 Å². The number of nitrogens with two attached hydrogens (primary N) is 1. The van der Waals surface area contributed by atoms with E-state index in [1.54, 1.807) is 11.1 Å². The van der Waals surface area contributed by atoms with Crippen LogP contribution in [0, 0.1) is 0 Å². The molecule has 1 aromatic carbocycles.